The van der Waals surface area contributed by atoms with Crippen LogP contribution in [0, 0.1) is 5.41 Å². The fraction of sp³-hybridized carbons (Fsp3) is 0.385. The summed E-state index contributed by atoms with van der Waals surface area (Å²) in [4.78, 5) is 12.2. The van der Waals surface area contributed by atoms with Crippen LogP contribution in [0.5, 0.6) is 0 Å². The molecule has 98 valence electrons. The molecule has 3 N–H and O–H groups in total. The maximum absolute atomic E-state index is 11.8. The van der Waals surface area contributed by atoms with Gasteiger partial charge in [0.1, 0.15) is 0 Å². The van der Waals surface area contributed by atoms with E-state index in [1.807, 2.05) is 38.1 Å². The Morgan fingerprint density at radius 2 is 1.94 bits per heavy atom. The highest BCUT2D eigenvalue weighted by atomic mass is 79.9. The van der Waals surface area contributed by atoms with Crippen molar-refractivity contribution in [1.82, 2.24) is 5.32 Å². The van der Waals surface area contributed by atoms with Crippen LogP contribution in [-0.2, 0) is 11.2 Å². The molecule has 0 heterocycles. The second-order valence-corrected chi connectivity index (χ2v) is 6.18. The third kappa shape index (κ3) is 4.74. The number of carbonyl (C=O) groups excluding carboxylic acids is 1. The number of thiocarbonyl (C=S) groups is 1. The fourth-order valence-electron chi connectivity index (χ4n) is 1.26. The van der Waals surface area contributed by atoms with Gasteiger partial charge in [0.2, 0.25) is 5.91 Å². The van der Waals surface area contributed by atoms with Gasteiger partial charge in [-0.05, 0) is 17.7 Å². The Kier molecular flexibility index (Phi) is 5.28. The first-order valence-electron chi connectivity index (χ1n) is 5.62. The second-order valence-electron chi connectivity index (χ2n) is 4.83. The normalized spacial score (nSPS) is 11.1. The van der Waals surface area contributed by atoms with E-state index in [2.05, 4.69) is 21.2 Å². The quantitative estimate of drug-likeness (QED) is 0.816. The van der Waals surface area contributed by atoms with Gasteiger partial charge in [0.25, 0.3) is 0 Å². The van der Waals surface area contributed by atoms with Crippen molar-refractivity contribution in [2.45, 2.75) is 20.3 Å². The summed E-state index contributed by atoms with van der Waals surface area (Å²) < 4.78 is 1.00. The molecule has 0 saturated carbocycles. The molecule has 5 heteroatoms. The first kappa shape index (κ1) is 15.1. The topological polar surface area (TPSA) is 55.1 Å². The van der Waals surface area contributed by atoms with Crippen LogP contribution in [0.2, 0.25) is 0 Å². The Morgan fingerprint density at radius 1 is 1.39 bits per heavy atom. The van der Waals surface area contributed by atoms with Gasteiger partial charge in [-0.2, -0.15) is 0 Å². The average molecular weight is 329 g/mol. The van der Waals surface area contributed by atoms with Crippen LogP contribution < -0.4 is 11.1 Å². The van der Waals surface area contributed by atoms with E-state index >= 15 is 0 Å². The lowest BCUT2D eigenvalue weighted by Crippen LogP contribution is -2.41. The molecule has 0 atom stereocenters. The Labute approximate surface area is 121 Å². The van der Waals surface area contributed by atoms with Crippen LogP contribution in [0.25, 0.3) is 0 Å². The molecular formula is C13H17BrN2OS. The van der Waals surface area contributed by atoms with Crippen LogP contribution in [0.3, 0.4) is 0 Å². The van der Waals surface area contributed by atoms with Gasteiger partial charge in [-0.25, -0.2) is 0 Å². The fourth-order valence-corrected chi connectivity index (χ4v) is 1.59. The molecule has 0 spiro atoms. The zero-order valence-electron chi connectivity index (χ0n) is 10.5. The van der Waals surface area contributed by atoms with E-state index in [1.54, 1.807) is 0 Å². The molecule has 1 aromatic carbocycles. The standard InChI is InChI=1S/C13H17BrN2OS/c1-13(2,12(15)18)8-16-11(17)7-9-3-5-10(14)6-4-9/h3-6H,7-8H2,1-2H3,(H2,15,18)(H,16,17). The molecule has 3 nitrogen and oxygen atoms in total. The highest BCUT2D eigenvalue weighted by molar-refractivity contribution is 9.10. The number of nitrogens with one attached hydrogen (secondary N) is 1. The van der Waals surface area contributed by atoms with Crippen molar-refractivity contribution in [3.05, 3.63) is 34.3 Å². The summed E-state index contributed by atoms with van der Waals surface area (Å²) in [7, 11) is 0. The highest BCUT2D eigenvalue weighted by Crippen LogP contribution is 2.14. The summed E-state index contributed by atoms with van der Waals surface area (Å²) in [5, 5.41) is 2.85. The predicted molar refractivity (Wildman–Crippen MR) is 81.4 cm³/mol. The number of amides is 1. The zero-order valence-corrected chi connectivity index (χ0v) is 12.9. The number of hydrogen-bond acceptors (Lipinski definition) is 2. The van der Waals surface area contributed by atoms with E-state index in [0.29, 0.717) is 18.0 Å². The number of benzene rings is 1. The number of rotatable bonds is 5. The van der Waals surface area contributed by atoms with Crippen LogP contribution in [0.1, 0.15) is 19.4 Å². The Bertz CT molecular complexity index is 443. The third-order valence-electron chi connectivity index (χ3n) is 2.67. The molecular weight excluding hydrogens is 312 g/mol. The molecule has 0 aliphatic rings. The molecule has 1 rings (SSSR count). The Balaban J connectivity index is 2.48. The molecule has 0 radical (unpaired) electrons. The molecule has 0 bridgehead atoms. The van der Waals surface area contributed by atoms with Crippen molar-refractivity contribution in [2.24, 2.45) is 11.1 Å². The summed E-state index contributed by atoms with van der Waals surface area (Å²) in [6, 6.07) is 7.67. The first-order chi connectivity index (χ1) is 8.31. The number of hydrogen-bond donors (Lipinski definition) is 2. The number of nitrogens with two attached hydrogens (primary N) is 1. The van der Waals surface area contributed by atoms with E-state index in [4.69, 9.17) is 18.0 Å². The summed E-state index contributed by atoms with van der Waals surface area (Å²) in [5.74, 6) is -0.0263. The zero-order chi connectivity index (χ0) is 13.8. The molecule has 1 amide bonds. The first-order valence-corrected chi connectivity index (χ1v) is 6.82. The minimum absolute atomic E-state index is 0.0263. The van der Waals surface area contributed by atoms with Gasteiger partial charge in [-0.3, -0.25) is 4.79 Å². The largest absolute Gasteiger partial charge is 0.393 e. The lowest BCUT2D eigenvalue weighted by molar-refractivity contribution is -0.120. The molecule has 18 heavy (non-hydrogen) atoms. The maximum atomic E-state index is 11.8. The van der Waals surface area contributed by atoms with E-state index < -0.39 is 0 Å². The molecule has 0 fully saturated rings. The summed E-state index contributed by atoms with van der Waals surface area (Å²) >= 11 is 8.30. The van der Waals surface area contributed by atoms with Gasteiger partial charge in [0, 0.05) is 16.4 Å². The Morgan fingerprint density at radius 3 is 2.44 bits per heavy atom. The molecule has 0 aliphatic carbocycles. The van der Waals surface area contributed by atoms with Gasteiger partial charge in [-0.1, -0.05) is 54.1 Å². The van der Waals surface area contributed by atoms with Crippen LogP contribution in [0.15, 0.2) is 28.7 Å². The van der Waals surface area contributed by atoms with Gasteiger partial charge in [0.05, 0.1) is 11.4 Å². The molecule has 0 aromatic heterocycles. The monoisotopic (exact) mass is 328 g/mol. The number of halogens is 1. The smallest absolute Gasteiger partial charge is 0.224 e. The van der Waals surface area contributed by atoms with Crippen molar-refractivity contribution in [3.63, 3.8) is 0 Å². The van der Waals surface area contributed by atoms with Crippen molar-refractivity contribution >= 4 is 39.0 Å². The SMILES string of the molecule is CC(C)(CNC(=O)Cc1ccc(Br)cc1)C(N)=S. The van der Waals surface area contributed by atoms with E-state index in [0.717, 1.165) is 10.0 Å². The van der Waals surface area contributed by atoms with Crippen LogP contribution in [0.4, 0.5) is 0 Å². The predicted octanol–water partition coefficient (Wildman–Crippen LogP) is 2.42. The maximum Gasteiger partial charge on any atom is 0.224 e. The minimum Gasteiger partial charge on any atom is -0.393 e. The van der Waals surface area contributed by atoms with Crippen LogP contribution in [-0.4, -0.2) is 17.4 Å². The third-order valence-corrected chi connectivity index (χ3v) is 3.75. The van der Waals surface area contributed by atoms with Gasteiger partial charge in [0.15, 0.2) is 0 Å². The highest BCUT2D eigenvalue weighted by Gasteiger charge is 2.21. The average Bonchev–Trinajstić information content (AvgIpc) is 2.29. The summed E-state index contributed by atoms with van der Waals surface area (Å²) in [5.41, 5.74) is 6.22. The molecule has 0 unspecified atom stereocenters. The molecule has 0 aliphatic heterocycles. The van der Waals surface area contributed by atoms with Gasteiger partial charge >= 0.3 is 0 Å². The van der Waals surface area contributed by atoms with Crippen LogP contribution >= 0.6 is 28.1 Å². The van der Waals surface area contributed by atoms with E-state index in [-0.39, 0.29) is 11.3 Å². The lowest BCUT2D eigenvalue weighted by Gasteiger charge is -2.23. The lowest BCUT2D eigenvalue weighted by atomic mass is 9.93. The van der Waals surface area contributed by atoms with Crippen molar-refractivity contribution in [3.8, 4) is 0 Å². The van der Waals surface area contributed by atoms with Crippen molar-refractivity contribution < 1.29 is 4.79 Å². The van der Waals surface area contributed by atoms with Crippen molar-refractivity contribution in [1.29, 1.82) is 0 Å². The molecule has 1 aromatic rings. The second kappa shape index (κ2) is 6.29. The number of carbonyl (C=O) groups is 1. The molecule has 0 saturated heterocycles. The van der Waals surface area contributed by atoms with Gasteiger partial charge in [-0.15, -0.1) is 0 Å². The minimum atomic E-state index is -0.356. The van der Waals surface area contributed by atoms with Crippen molar-refractivity contribution in [2.75, 3.05) is 6.54 Å². The van der Waals surface area contributed by atoms with Gasteiger partial charge < -0.3 is 11.1 Å². The summed E-state index contributed by atoms with van der Waals surface area (Å²) in [6.45, 7) is 4.28. The summed E-state index contributed by atoms with van der Waals surface area (Å²) in [6.07, 6.45) is 0.362. The van der Waals surface area contributed by atoms with E-state index in [9.17, 15) is 4.79 Å². The Hall–Kier alpha value is -0.940. The van der Waals surface area contributed by atoms with E-state index in [1.165, 1.54) is 0 Å².